The second-order valence-corrected chi connectivity index (χ2v) is 6.09. The molecule has 0 N–H and O–H groups in total. The molecule has 1 amide bonds. The highest BCUT2D eigenvalue weighted by atomic mass is 79.9. The Bertz CT molecular complexity index is 571. The molecule has 0 heterocycles. The first-order valence-corrected chi connectivity index (χ1v) is 8.14. The molecular formula is C17H17BrClNO. The number of halogens is 2. The van der Waals surface area contributed by atoms with Crippen LogP contribution in [0.3, 0.4) is 0 Å². The van der Waals surface area contributed by atoms with Gasteiger partial charge in [-0.2, -0.15) is 0 Å². The third-order valence-corrected chi connectivity index (χ3v) is 3.89. The molecule has 0 radical (unpaired) electrons. The molecule has 21 heavy (non-hydrogen) atoms. The van der Waals surface area contributed by atoms with Gasteiger partial charge in [-0.25, -0.2) is 0 Å². The lowest BCUT2D eigenvalue weighted by Crippen LogP contribution is -2.33. The van der Waals surface area contributed by atoms with Crippen molar-refractivity contribution in [2.45, 2.75) is 13.0 Å². The largest absolute Gasteiger partial charge is 0.337 e. The molecule has 0 saturated heterocycles. The number of carbonyl (C=O) groups is 1. The van der Waals surface area contributed by atoms with E-state index in [2.05, 4.69) is 15.9 Å². The zero-order chi connectivity index (χ0) is 15.1. The molecule has 0 atom stereocenters. The van der Waals surface area contributed by atoms with Crippen LogP contribution < -0.4 is 0 Å². The topological polar surface area (TPSA) is 20.3 Å². The Morgan fingerprint density at radius 3 is 2.29 bits per heavy atom. The lowest BCUT2D eigenvalue weighted by Gasteiger charge is -2.22. The predicted octanol–water partition coefficient (Wildman–Crippen LogP) is 4.26. The van der Waals surface area contributed by atoms with Crippen molar-refractivity contribution in [2.24, 2.45) is 0 Å². The highest BCUT2D eigenvalue weighted by molar-refractivity contribution is 9.10. The fourth-order valence-electron chi connectivity index (χ4n) is 2.09. The molecule has 0 unspecified atom stereocenters. The van der Waals surface area contributed by atoms with Crippen molar-refractivity contribution in [1.82, 2.24) is 4.90 Å². The van der Waals surface area contributed by atoms with Crippen molar-refractivity contribution >= 4 is 33.4 Å². The lowest BCUT2D eigenvalue weighted by molar-refractivity contribution is -0.130. The van der Waals surface area contributed by atoms with Crippen molar-refractivity contribution < 1.29 is 4.79 Å². The van der Waals surface area contributed by atoms with Crippen LogP contribution in [0.25, 0.3) is 0 Å². The Kier molecular flexibility index (Phi) is 6.27. The minimum Gasteiger partial charge on any atom is -0.337 e. The van der Waals surface area contributed by atoms with Crippen LogP contribution in [0.2, 0.25) is 0 Å². The van der Waals surface area contributed by atoms with Gasteiger partial charge in [0.2, 0.25) is 5.91 Å². The molecule has 0 aromatic heterocycles. The Labute approximate surface area is 138 Å². The van der Waals surface area contributed by atoms with Crippen LogP contribution >= 0.6 is 27.5 Å². The SMILES string of the molecule is O=C(Cc1ccc(Br)cc1)N(CCCl)Cc1ccccc1. The monoisotopic (exact) mass is 365 g/mol. The summed E-state index contributed by atoms with van der Waals surface area (Å²) in [5.41, 5.74) is 2.13. The molecular weight excluding hydrogens is 350 g/mol. The summed E-state index contributed by atoms with van der Waals surface area (Å²) in [5.74, 6) is 0.542. The molecule has 4 heteroatoms. The van der Waals surface area contributed by atoms with Crippen LogP contribution in [0.15, 0.2) is 59.1 Å². The highest BCUT2D eigenvalue weighted by Gasteiger charge is 2.14. The van der Waals surface area contributed by atoms with Gasteiger partial charge in [0.25, 0.3) is 0 Å². The van der Waals surface area contributed by atoms with Crippen LogP contribution in [0.5, 0.6) is 0 Å². The van der Waals surface area contributed by atoms with E-state index >= 15 is 0 Å². The normalized spacial score (nSPS) is 10.4. The number of rotatable bonds is 6. The van der Waals surface area contributed by atoms with Crippen molar-refractivity contribution in [3.63, 3.8) is 0 Å². The van der Waals surface area contributed by atoms with Gasteiger partial charge in [-0.3, -0.25) is 4.79 Å². The third-order valence-electron chi connectivity index (χ3n) is 3.19. The number of amides is 1. The van der Waals surface area contributed by atoms with E-state index in [0.717, 1.165) is 15.6 Å². The number of hydrogen-bond acceptors (Lipinski definition) is 1. The number of nitrogens with zero attached hydrogens (tertiary/aromatic N) is 1. The van der Waals surface area contributed by atoms with E-state index in [-0.39, 0.29) is 5.91 Å². The smallest absolute Gasteiger partial charge is 0.227 e. The maximum Gasteiger partial charge on any atom is 0.227 e. The molecule has 0 aliphatic heterocycles. The molecule has 0 aliphatic rings. The number of alkyl halides is 1. The van der Waals surface area contributed by atoms with Crippen molar-refractivity contribution in [3.05, 3.63) is 70.2 Å². The predicted molar refractivity (Wildman–Crippen MR) is 90.4 cm³/mol. The summed E-state index contributed by atoms with van der Waals surface area (Å²) in [6.45, 7) is 1.16. The van der Waals surface area contributed by atoms with Gasteiger partial charge in [-0.1, -0.05) is 58.4 Å². The highest BCUT2D eigenvalue weighted by Crippen LogP contribution is 2.13. The maximum atomic E-state index is 12.4. The maximum absolute atomic E-state index is 12.4. The molecule has 0 saturated carbocycles. The number of benzene rings is 2. The van der Waals surface area contributed by atoms with E-state index in [1.165, 1.54) is 0 Å². The average Bonchev–Trinajstić information content (AvgIpc) is 2.50. The minimum absolute atomic E-state index is 0.0989. The third kappa shape index (κ3) is 5.18. The minimum atomic E-state index is 0.0989. The van der Waals surface area contributed by atoms with E-state index in [1.807, 2.05) is 59.5 Å². The van der Waals surface area contributed by atoms with Gasteiger partial charge in [0.05, 0.1) is 6.42 Å². The Hall–Kier alpha value is -1.32. The molecule has 0 fully saturated rings. The van der Waals surface area contributed by atoms with Crippen molar-refractivity contribution in [2.75, 3.05) is 12.4 Å². The van der Waals surface area contributed by atoms with E-state index in [0.29, 0.717) is 25.4 Å². The molecule has 0 aliphatic carbocycles. The van der Waals surface area contributed by atoms with Gasteiger partial charge < -0.3 is 4.90 Å². The van der Waals surface area contributed by atoms with Gasteiger partial charge >= 0.3 is 0 Å². The van der Waals surface area contributed by atoms with Gasteiger partial charge in [0.15, 0.2) is 0 Å². The summed E-state index contributed by atoms with van der Waals surface area (Å²) in [5, 5.41) is 0. The lowest BCUT2D eigenvalue weighted by atomic mass is 10.1. The molecule has 2 rings (SSSR count). The Morgan fingerprint density at radius 1 is 1.00 bits per heavy atom. The van der Waals surface area contributed by atoms with Crippen LogP contribution in [0.4, 0.5) is 0 Å². The first-order chi connectivity index (χ1) is 10.2. The first-order valence-electron chi connectivity index (χ1n) is 6.81. The first kappa shape index (κ1) is 16.1. The average molecular weight is 367 g/mol. The van der Waals surface area contributed by atoms with E-state index in [9.17, 15) is 4.79 Å². The Morgan fingerprint density at radius 2 is 1.67 bits per heavy atom. The van der Waals surface area contributed by atoms with Crippen LogP contribution in [-0.2, 0) is 17.8 Å². The van der Waals surface area contributed by atoms with Crippen LogP contribution in [0, 0.1) is 0 Å². The zero-order valence-electron chi connectivity index (χ0n) is 11.6. The molecule has 2 aromatic carbocycles. The molecule has 110 valence electrons. The summed E-state index contributed by atoms with van der Waals surface area (Å²) in [6, 6.07) is 17.8. The van der Waals surface area contributed by atoms with E-state index < -0.39 is 0 Å². The fourth-order valence-corrected chi connectivity index (χ4v) is 2.55. The van der Waals surface area contributed by atoms with Crippen molar-refractivity contribution in [1.29, 1.82) is 0 Å². The molecule has 2 nitrogen and oxygen atoms in total. The number of hydrogen-bond donors (Lipinski definition) is 0. The van der Waals surface area contributed by atoms with E-state index in [1.54, 1.807) is 0 Å². The fraction of sp³-hybridized carbons (Fsp3) is 0.235. The standard InChI is InChI=1S/C17H17BrClNO/c18-16-8-6-14(7-9-16)12-17(21)20(11-10-19)13-15-4-2-1-3-5-15/h1-9H,10-13H2. The summed E-state index contributed by atoms with van der Waals surface area (Å²) >= 11 is 9.23. The summed E-state index contributed by atoms with van der Waals surface area (Å²) < 4.78 is 1.01. The second kappa shape index (κ2) is 8.20. The van der Waals surface area contributed by atoms with Crippen LogP contribution in [-0.4, -0.2) is 23.2 Å². The van der Waals surface area contributed by atoms with Gasteiger partial charge in [0, 0.05) is 23.4 Å². The zero-order valence-corrected chi connectivity index (χ0v) is 14.0. The summed E-state index contributed by atoms with van der Waals surface area (Å²) in [6.07, 6.45) is 0.400. The molecule has 0 bridgehead atoms. The van der Waals surface area contributed by atoms with Gasteiger partial charge in [0.1, 0.15) is 0 Å². The van der Waals surface area contributed by atoms with Gasteiger partial charge in [-0.15, -0.1) is 11.6 Å². The Balaban J connectivity index is 2.03. The van der Waals surface area contributed by atoms with Gasteiger partial charge in [-0.05, 0) is 23.3 Å². The van der Waals surface area contributed by atoms with Crippen LogP contribution in [0.1, 0.15) is 11.1 Å². The quantitative estimate of drug-likeness (QED) is 0.700. The molecule has 0 spiro atoms. The van der Waals surface area contributed by atoms with E-state index in [4.69, 9.17) is 11.6 Å². The number of carbonyl (C=O) groups excluding carboxylic acids is 1. The second-order valence-electron chi connectivity index (χ2n) is 4.79. The summed E-state index contributed by atoms with van der Waals surface area (Å²) in [7, 11) is 0. The molecule has 2 aromatic rings. The van der Waals surface area contributed by atoms with Crippen molar-refractivity contribution in [3.8, 4) is 0 Å². The summed E-state index contributed by atoms with van der Waals surface area (Å²) in [4.78, 5) is 14.3.